The molecule has 2 aliphatic heterocycles. The zero-order valence-electron chi connectivity index (χ0n) is 14.5. The van der Waals surface area contributed by atoms with Gasteiger partial charge >= 0.3 is 6.03 Å². The van der Waals surface area contributed by atoms with E-state index in [9.17, 15) is 4.79 Å². The van der Waals surface area contributed by atoms with Gasteiger partial charge < -0.3 is 15.1 Å². The van der Waals surface area contributed by atoms with E-state index < -0.39 is 0 Å². The molecule has 0 bridgehead atoms. The van der Waals surface area contributed by atoms with Crippen LogP contribution in [0, 0.1) is 17.2 Å². The molecule has 3 atom stereocenters. The Labute approximate surface area is 144 Å². The number of benzene rings is 1. The molecule has 5 nitrogen and oxygen atoms in total. The van der Waals surface area contributed by atoms with Crippen molar-refractivity contribution in [3.05, 3.63) is 35.4 Å². The third-order valence-electron chi connectivity index (χ3n) is 5.41. The predicted octanol–water partition coefficient (Wildman–Crippen LogP) is 2.74. The highest BCUT2D eigenvalue weighted by Crippen LogP contribution is 2.30. The molecular formula is C19H26N4O. The Balaban J connectivity index is 1.64. The van der Waals surface area contributed by atoms with E-state index in [0.29, 0.717) is 17.5 Å². The maximum Gasteiger partial charge on any atom is 0.318 e. The van der Waals surface area contributed by atoms with E-state index in [-0.39, 0.29) is 12.1 Å². The summed E-state index contributed by atoms with van der Waals surface area (Å²) in [6, 6.07) is 9.91. The molecule has 128 valence electrons. The normalized spacial score (nSPS) is 25.5. The summed E-state index contributed by atoms with van der Waals surface area (Å²) in [6.45, 7) is 5.02. The monoisotopic (exact) mass is 326 g/mol. The van der Waals surface area contributed by atoms with Gasteiger partial charge in [0.05, 0.1) is 17.7 Å². The summed E-state index contributed by atoms with van der Waals surface area (Å²) in [5.74, 6) is 0.605. The second-order valence-corrected chi connectivity index (χ2v) is 7.12. The van der Waals surface area contributed by atoms with E-state index in [0.717, 1.165) is 38.0 Å². The lowest BCUT2D eigenvalue weighted by atomic mass is 9.84. The molecule has 2 fully saturated rings. The first-order valence-electron chi connectivity index (χ1n) is 8.84. The summed E-state index contributed by atoms with van der Waals surface area (Å²) < 4.78 is 0. The topological polar surface area (TPSA) is 59.4 Å². The molecule has 2 amide bonds. The van der Waals surface area contributed by atoms with Crippen molar-refractivity contribution >= 4 is 6.03 Å². The smallest absolute Gasteiger partial charge is 0.318 e. The van der Waals surface area contributed by atoms with Crippen molar-refractivity contribution in [2.24, 2.45) is 5.92 Å². The number of carbonyl (C=O) groups excluding carboxylic acids is 1. The van der Waals surface area contributed by atoms with Crippen LogP contribution >= 0.6 is 0 Å². The van der Waals surface area contributed by atoms with Crippen LogP contribution in [-0.2, 0) is 0 Å². The largest absolute Gasteiger partial charge is 0.331 e. The number of carbonyl (C=O) groups is 1. The van der Waals surface area contributed by atoms with Crippen molar-refractivity contribution in [2.45, 2.75) is 38.3 Å². The van der Waals surface area contributed by atoms with E-state index in [1.54, 1.807) is 12.1 Å². The van der Waals surface area contributed by atoms with Crippen LogP contribution in [0.25, 0.3) is 0 Å². The molecule has 0 aliphatic carbocycles. The number of nitrogens with one attached hydrogen (secondary N) is 1. The van der Waals surface area contributed by atoms with Crippen LogP contribution in [-0.4, -0.2) is 48.6 Å². The average molecular weight is 326 g/mol. The van der Waals surface area contributed by atoms with Crippen molar-refractivity contribution in [2.75, 3.05) is 26.7 Å². The van der Waals surface area contributed by atoms with Gasteiger partial charge in [0.2, 0.25) is 0 Å². The summed E-state index contributed by atoms with van der Waals surface area (Å²) in [4.78, 5) is 17.2. The quantitative estimate of drug-likeness (QED) is 0.909. The standard InChI is InChI=1S/C19H26N4O/c1-14(16-7-5-15(12-20)6-8-16)21-19(24)23-10-3-4-17-13-22(2)11-9-18(17)23/h5-8,14,17-18H,3-4,9-11,13H2,1-2H3,(H,21,24). The van der Waals surface area contributed by atoms with Crippen LogP contribution in [0.4, 0.5) is 4.79 Å². The second-order valence-electron chi connectivity index (χ2n) is 7.12. The molecule has 2 heterocycles. The van der Waals surface area contributed by atoms with Crippen LogP contribution in [0.5, 0.6) is 0 Å². The van der Waals surface area contributed by atoms with Gasteiger partial charge in [-0.15, -0.1) is 0 Å². The molecule has 1 aromatic rings. The van der Waals surface area contributed by atoms with Crippen molar-refractivity contribution in [3.8, 4) is 6.07 Å². The van der Waals surface area contributed by atoms with Gasteiger partial charge in [-0.3, -0.25) is 0 Å². The fraction of sp³-hybridized carbons (Fsp3) is 0.579. The Morgan fingerprint density at radius 1 is 1.29 bits per heavy atom. The zero-order valence-corrected chi connectivity index (χ0v) is 14.5. The van der Waals surface area contributed by atoms with E-state index >= 15 is 0 Å². The summed E-state index contributed by atoms with van der Waals surface area (Å²) in [5.41, 5.74) is 1.67. The highest BCUT2D eigenvalue weighted by molar-refractivity contribution is 5.75. The van der Waals surface area contributed by atoms with Crippen molar-refractivity contribution in [1.82, 2.24) is 15.1 Å². The summed E-state index contributed by atoms with van der Waals surface area (Å²) >= 11 is 0. The van der Waals surface area contributed by atoms with E-state index in [1.807, 2.05) is 19.1 Å². The predicted molar refractivity (Wildman–Crippen MR) is 93.4 cm³/mol. The van der Waals surface area contributed by atoms with Crippen LogP contribution in [0.15, 0.2) is 24.3 Å². The first-order valence-corrected chi connectivity index (χ1v) is 8.84. The number of nitrogens with zero attached hydrogens (tertiary/aromatic N) is 3. The Morgan fingerprint density at radius 3 is 2.75 bits per heavy atom. The third kappa shape index (κ3) is 3.54. The minimum Gasteiger partial charge on any atom is -0.331 e. The van der Waals surface area contributed by atoms with Gasteiger partial charge in [-0.25, -0.2) is 4.79 Å². The number of hydrogen-bond acceptors (Lipinski definition) is 3. The van der Waals surface area contributed by atoms with Gasteiger partial charge in [-0.1, -0.05) is 12.1 Å². The molecule has 3 unspecified atom stereocenters. The fourth-order valence-electron chi connectivity index (χ4n) is 4.04. The molecule has 1 N–H and O–H groups in total. The van der Waals surface area contributed by atoms with Gasteiger partial charge in [-0.2, -0.15) is 5.26 Å². The minimum atomic E-state index is -0.0584. The van der Waals surface area contributed by atoms with Gasteiger partial charge in [-0.05, 0) is 63.4 Å². The SMILES string of the molecule is CC(NC(=O)N1CCCC2CN(C)CCC21)c1ccc(C#N)cc1. The number of piperidine rings is 2. The Bertz CT molecular complexity index is 621. The molecule has 2 aliphatic rings. The maximum absolute atomic E-state index is 12.8. The lowest BCUT2D eigenvalue weighted by Gasteiger charge is -2.46. The van der Waals surface area contributed by atoms with Gasteiger partial charge in [0.15, 0.2) is 0 Å². The van der Waals surface area contributed by atoms with Crippen molar-refractivity contribution in [3.63, 3.8) is 0 Å². The molecule has 5 heteroatoms. The molecule has 1 aromatic carbocycles. The lowest BCUT2D eigenvalue weighted by molar-refractivity contribution is 0.0525. The Kier molecular flexibility index (Phi) is 5.06. The number of rotatable bonds is 2. The Morgan fingerprint density at radius 2 is 2.04 bits per heavy atom. The van der Waals surface area contributed by atoms with Crippen molar-refractivity contribution in [1.29, 1.82) is 5.26 Å². The summed E-state index contributed by atoms with van der Waals surface area (Å²) in [6.07, 6.45) is 3.39. The number of likely N-dealkylation sites (tertiary alicyclic amines) is 2. The molecule has 0 aromatic heterocycles. The highest BCUT2D eigenvalue weighted by atomic mass is 16.2. The molecule has 24 heavy (non-hydrogen) atoms. The average Bonchev–Trinajstić information content (AvgIpc) is 2.60. The third-order valence-corrected chi connectivity index (χ3v) is 5.41. The first kappa shape index (κ1) is 16.8. The molecule has 3 rings (SSSR count). The van der Waals surface area contributed by atoms with Gasteiger partial charge in [0, 0.05) is 19.1 Å². The number of hydrogen-bond donors (Lipinski definition) is 1. The van der Waals surface area contributed by atoms with E-state index in [1.165, 1.54) is 6.42 Å². The van der Waals surface area contributed by atoms with Crippen LogP contribution in [0.3, 0.4) is 0 Å². The number of amides is 2. The molecule has 0 saturated carbocycles. The zero-order chi connectivity index (χ0) is 17.1. The lowest BCUT2D eigenvalue weighted by Crippen LogP contribution is -2.57. The Hall–Kier alpha value is -2.06. The van der Waals surface area contributed by atoms with Crippen LogP contribution < -0.4 is 5.32 Å². The minimum absolute atomic E-state index is 0.0473. The molecule has 0 radical (unpaired) electrons. The van der Waals surface area contributed by atoms with E-state index in [2.05, 4.69) is 28.2 Å². The van der Waals surface area contributed by atoms with Crippen LogP contribution in [0.2, 0.25) is 0 Å². The summed E-state index contributed by atoms with van der Waals surface area (Å²) in [7, 11) is 2.17. The van der Waals surface area contributed by atoms with Crippen molar-refractivity contribution < 1.29 is 4.79 Å². The van der Waals surface area contributed by atoms with Crippen LogP contribution in [0.1, 0.15) is 43.4 Å². The maximum atomic E-state index is 12.8. The molecule has 2 saturated heterocycles. The fourth-order valence-corrected chi connectivity index (χ4v) is 4.04. The van der Waals surface area contributed by atoms with Gasteiger partial charge in [0.1, 0.15) is 0 Å². The number of nitriles is 1. The number of urea groups is 1. The number of fused-ring (bicyclic) bond motifs is 1. The van der Waals surface area contributed by atoms with Gasteiger partial charge in [0.25, 0.3) is 0 Å². The highest BCUT2D eigenvalue weighted by Gasteiger charge is 2.37. The summed E-state index contributed by atoms with van der Waals surface area (Å²) in [5, 5.41) is 12.0. The molecule has 0 spiro atoms. The van der Waals surface area contributed by atoms with E-state index in [4.69, 9.17) is 5.26 Å². The molecular weight excluding hydrogens is 300 g/mol. The first-order chi connectivity index (χ1) is 11.6. The second kappa shape index (κ2) is 7.23.